The van der Waals surface area contributed by atoms with Gasteiger partial charge < -0.3 is 5.11 Å². The number of aliphatic hydroxyl groups excluding tert-OH is 1. The molecule has 7 atom stereocenters. The number of carbonyl (C=O) groups excluding carboxylic acids is 1. The molecule has 0 aromatic carbocycles. The minimum Gasteiger partial charge on any atom is -0.389 e. The normalized spacial score (nSPS) is 54.2. The summed E-state index contributed by atoms with van der Waals surface area (Å²) in [5.41, 5.74) is 0.00585. The lowest BCUT2D eigenvalue weighted by Crippen LogP contribution is -2.48. The van der Waals surface area contributed by atoms with E-state index in [2.05, 4.69) is 13.0 Å². The van der Waals surface area contributed by atoms with Crippen molar-refractivity contribution in [2.24, 2.45) is 35.0 Å². The molecule has 0 saturated heterocycles. The summed E-state index contributed by atoms with van der Waals surface area (Å²) in [6.45, 7) is 2.25. The van der Waals surface area contributed by atoms with Gasteiger partial charge in [-0.15, -0.1) is 0 Å². The van der Waals surface area contributed by atoms with Crippen LogP contribution in [-0.4, -0.2) is 17.0 Å². The van der Waals surface area contributed by atoms with Crippen molar-refractivity contribution < 1.29 is 9.90 Å². The van der Waals surface area contributed by atoms with Crippen LogP contribution in [0.25, 0.3) is 0 Å². The fourth-order valence-corrected chi connectivity index (χ4v) is 6.15. The maximum atomic E-state index is 12.3. The molecular formula is C18H26O2. The molecule has 0 heterocycles. The summed E-state index contributed by atoms with van der Waals surface area (Å²) in [6.07, 6.45) is 11.9. The van der Waals surface area contributed by atoms with Crippen LogP contribution in [0.15, 0.2) is 12.2 Å². The molecule has 110 valence electrons. The standard InChI is InChI=1S/C18H26O2/c1-18-9-8-14-13-5-3-12(19)10-11(13)2-4-15(14)16(18)6-7-17(18)20/h3,5,11-16,19H,2,4,6-10H2,1H3/t11?,12-,13?,14+,15+,16-,18-/m0/s1. The first kappa shape index (κ1) is 13.1. The van der Waals surface area contributed by atoms with E-state index < -0.39 is 0 Å². The van der Waals surface area contributed by atoms with Crippen molar-refractivity contribution in [3.05, 3.63) is 12.2 Å². The summed E-state index contributed by atoms with van der Waals surface area (Å²) in [5, 5.41) is 9.84. The number of aliphatic hydroxyl groups is 1. The molecule has 4 rings (SSSR count). The minimum absolute atomic E-state index is 0.00585. The Balaban J connectivity index is 1.62. The monoisotopic (exact) mass is 274 g/mol. The quantitative estimate of drug-likeness (QED) is 0.688. The van der Waals surface area contributed by atoms with E-state index in [-0.39, 0.29) is 11.5 Å². The second-order valence-corrected chi connectivity index (χ2v) is 7.95. The third kappa shape index (κ3) is 1.70. The van der Waals surface area contributed by atoms with Gasteiger partial charge in [-0.1, -0.05) is 19.1 Å². The van der Waals surface area contributed by atoms with Crippen LogP contribution in [0.2, 0.25) is 0 Å². The maximum Gasteiger partial charge on any atom is 0.139 e. The molecule has 20 heavy (non-hydrogen) atoms. The van der Waals surface area contributed by atoms with Crippen LogP contribution in [0.1, 0.15) is 51.9 Å². The molecule has 0 aliphatic heterocycles. The smallest absolute Gasteiger partial charge is 0.139 e. The Bertz CT molecular complexity index is 454. The summed E-state index contributed by atoms with van der Waals surface area (Å²) in [4.78, 5) is 12.3. The molecule has 0 bridgehead atoms. The van der Waals surface area contributed by atoms with Crippen LogP contribution in [0.5, 0.6) is 0 Å². The number of Topliss-reactive ketones (excluding diaryl/α,β-unsaturated/α-hetero) is 1. The van der Waals surface area contributed by atoms with E-state index in [1.54, 1.807) is 0 Å². The average molecular weight is 274 g/mol. The van der Waals surface area contributed by atoms with Crippen molar-refractivity contribution in [3.63, 3.8) is 0 Å². The average Bonchev–Trinajstić information content (AvgIpc) is 2.74. The Kier molecular flexibility index (Phi) is 2.89. The van der Waals surface area contributed by atoms with Crippen LogP contribution >= 0.6 is 0 Å². The van der Waals surface area contributed by atoms with E-state index in [4.69, 9.17) is 0 Å². The number of hydrogen-bond acceptors (Lipinski definition) is 2. The Morgan fingerprint density at radius 1 is 1.15 bits per heavy atom. The number of hydrogen-bond donors (Lipinski definition) is 1. The molecule has 2 unspecified atom stereocenters. The van der Waals surface area contributed by atoms with Gasteiger partial charge in [-0.2, -0.15) is 0 Å². The molecule has 0 radical (unpaired) electrons. The van der Waals surface area contributed by atoms with Crippen LogP contribution in [0.4, 0.5) is 0 Å². The molecule has 3 fully saturated rings. The predicted octanol–water partition coefficient (Wildman–Crippen LogP) is 3.35. The van der Waals surface area contributed by atoms with Crippen molar-refractivity contribution >= 4 is 5.78 Å². The first-order valence-electron chi connectivity index (χ1n) is 8.49. The summed E-state index contributed by atoms with van der Waals surface area (Å²) in [7, 11) is 0. The zero-order valence-electron chi connectivity index (χ0n) is 12.4. The molecule has 1 N–H and O–H groups in total. The lowest BCUT2D eigenvalue weighted by molar-refractivity contribution is -0.131. The van der Waals surface area contributed by atoms with E-state index in [1.807, 2.05) is 6.08 Å². The minimum atomic E-state index is -0.213. The summed E-state index contributed by atoms with van der Waals surface area (Å²) in [5.74, 6) is 4.10. The van der Waals surface area contributed by atoms with Gasteiger partial charge in [0.25, 0.3) is 0 Å². The van der Waals surface area contributed by atoms with Gasteiger partial charge in [0.2, 0.25) is 0 Å². The Morgan fingerprint density at radius 2 is 2.00 bits per heavy atom. The number of carbonyl (C=O) groups is 1. The topological polar surface area (TPSA) is 37.3 Å². The van der Waals surface area contributed by atoms with Crippen LogP contribution in [-0.2, 0) is 4.79 Å². The van der Waals surface area contributed by atoms with Gasteiger partial charge in [0.05, 0.1) is 6.10 Å². The van der Waals surface area contributed by atoms with Crippen LogP contribution in [0.3, 0.4) is 0 Å². The fraction of sp³-hybridized carbons (Fsp3) is 0.833. The van der Waals surface area contributed by atoms with Crippen molar-refractivity contribution in [3.8, 4) is 0 Å². The van der Waals surface area contributed by atoms with E-state index in [0.717, 1.165) is 37.5 Å². The van der Waals surface area contributed by atoms with E-state index >= 15 is 0 Å². The van der Waals surface area contributed by atoms with Gasteiger partial charge >= 0.3 is 0 Å². The van der Waals surface area contributed by atoms with Gasteiger partial charge in [-0.25, -0.2) is 0 Å². The molecular weight excluding hydrogens is 248 g/mol. The Morgan fingerprint density at radius 3 is 2.85 bits per heavy atom. The first-order valence-corrected chi connectivity index (χ1v) is 8.49. The highest BCUT2D eigenvalue weighted by Crippen LogP contribution is 2.60. The van der Waals surface area contributed by atoms with Crippen molar-refractivity contribution in [2.75, 3.05) is 0 Å². The molecule has 3 saturated carbocycles. The van der Waals surface area contributed by atoms with E-state index in [0.29, 0.717) is 23.5 Å². The molecule has 0 spiro atoms. The van der Waals surface area contributed by atoms with Crippen LogP contribution in [0, 0.1) is 35.0 Å². The first-order chi connectivity index (χ1) is 9.59. The summed E-state index contributed by atoms with van der Waals surface area (Å²) in [6, 6.07) is 0. The van der Waals surface area contributed by atoms with Crippen molar-refractivity contribution in [2.45, 2.75) is 58.0 Å². The lowest BCUT2D eigenvalue weighted by atomic mass is 9.51. The van der Waals surface area contributed by atoms with Gasteiger partial charge in [-0.05, 0) is 68.1 Å². The summed E-state index contributed by atoms with van der Waals surface area (Å²) < 4.78 is 0. The fourth-order valence-electron chi connectivity index (χ4n) is 6.15. The SMILES string of the molecule is C[C@]12CC[C@@H]3C4C=C[C@H](O)CC4CC[C@H]3[C@@H]1CCC2=O. The second-order valence-electron chi connectivity index (χ2n) is 7.95. The number of ketones is 1. The van der Waals surface area contributed by atoms with E-state index in [1.165, 1.54) is 19.3 Å². The molecule has 2 heteroatoms. The number of fused-ring (bicyclic) bond motifs is 5. The second kappa shape index (κ2) is 4.43. The van der Waals surface area contributed by atoms with Gasteiger partial charge in [0, 0.05) is 11.8 Å². The third-order valence-corrected chi connectivity index (χ3v) is 7.21. The van der Waals surface area contributed by atoms with Gasteiger partial charge in [-0.3, -0.25) is 4.79 Å². The number of rotatable bonds is 0. The van der Waals surface area contributed by atoms with Crippen molar-refractivity contribution in [1.82, 2.24) is 0 Å². The zero-order valence-corrected chi connectivity index (χ0v) is 12.4. The zero-order chi connectivity index (χ0) is 13.9. The van der Waals surface area contributed by atoms with Crippen molar-refractivity contribution in [1.29, 1.82) is 0 Å². The molecule has 2 nitrogen and oxygen atoms in total. The Hall–Kier alpha value is -0.630. The largest absolute Gasteiger partial charge is 0.389 e. The molecule has 0 amide bonds. The van der Waals surface area contributed by atoms with E-state index in [9.17, 15) is 9.90 Å². The molecule has 0 aromatic rings. The number of allylic oxidation sites excluding steroid dienone is 1. The highest BCUT2D eigenvalue weighted by molar-refractivity contribution is 5.87. The predicted molar refractivity (Wildman–Crippen MR) is 78.0 cm³/mol. The van der Waals surface area contributed by atoms with Gasteiger partial charge in [0.1, 0.15) is 5.78 Å². The summed E-state index contributed by atoms with van der Waals surface area (Å²) >= 11 is 0. The maximum absolute atomic E-state index is 12.3. The van der Waals surface area contributed by atoms with Crippen LogP contribution < -0.4 is 0 Å². The Labute approximate surface area is 121 Å². The van der Waals surface area contributed by atoms with Gasteiger partial charge in [0.15, 0.2) is 0 Å². The highest BCUT2D eigenvalue weighted by atomic mass is 16.3. The molecule has 4 aliphatic rings. The molecule has 0 aromatic heterocycles. The third-order valence-electron chi connectivity index (χ3n) is 7.21. The highest BCUT2D eigenvalue weighted by Gasteiger charge is 2.56. The molecule has 4 aliphatic carbocycles. The lowest BCUT2D eigenvalue weighted by Gasteiger charge is -2.53.